The predicted molar refractivity (Wildman–Crippen MR) is 106 cm³/mol. The Hall–Kier alpha value is -1.95. The van der Waals surface area contributed by atoms with Crippen molar-refractivity contribution < 1.29 is 4.42 Å². The molecule has 1 aliphatic heterocycles. The van der Waals surface area contributed by atoms with Gasteiger partial charge in [0, 0.05) is 60.3 Å². The SMILES string of the molecule is CCCc1ncc2c(n1)CCN(Cc1c(Cl)c3cc(Cl)ccc3oc1=O)C2. The lowest BCUT2D eigenvalue weighted by molar-refractivity contribution is 0.239. The highest BCUT2D eigenvalue weighted by molar-refractivity contribution is 6.37. The zero-order chi connectivity index (χ0) is 19.0. The smallest absolute Gasteiger partial charge is 0.342 e. The van der Waals surface area contributed by atoms with Crippen LogP contribution < -0.4 is 5.63 Å². The summed E-state index contributed by atoms with van der Waals surface area (Å²) in [5.41, 5.74) is 2.70. The second kappa shape index (κ2) is 7.58. The van der Waals surface area contributed by atoms with E-state index < -0.39 is 5.63 Å². The van der Waals surface area contributed by atoms with Crippen LogP contribution in [-0.4, -0.2) is 21.4 Å². The van der Waals surface area contributed by atoms with E-state index in [-0.39, 0.29) is 0 Å². The molecule has 140 valence electrons. The Bertz CT molecular complexity index is 1070. The van der Waals surface area contributed by atoms with Crippen LogP contribution in [0.25, 0.3) is 11.0 Å². The quantitative estimate of drug-likeness (QED) is 0.604. The van der Waals surface area contributed by atoms with E-state index in [0.717, 1.165) is 42.9 Å². The average molecular weight is 404 g/mol. The van der Waals surface area contributed by atoms with Gasteiger partial charge in [-0.05, 0) is 24.6 Å². The largest absolute Gasteiger partial charge is 0.422 e. The van der Waals surface area contributed by atoms with Gasteiger partial charge in [0.2, 0.25) is 0 Å². The number of hydrogen-bond donors (Lipinski definition) is 0. The van der Waals surface area contributed by atoms with E-state index in [4.69, 9.17) is 27.6 Å². The number of fused-ring (bicyclic) bond motifs is 2. The zero-order valence-electron chi connectivity index (χ0n) is 15.0. The van der Waals surface area contributed by atoms with Crippen LogP contribution in [0.5, 0.6) is 0 Å². The number of aromatic nitrogens is 2. The van der Waals surface area contributed by atoms with Crippen LogP contribution in [0, 0.1) is 0 Å². The van der Waals surface area contributed by atoms with Crippen molar-refractivity contribution in [2.75, 3.05) is 6.54 Å². The fourth-order valence-corrected chi connectivity index (χ4v) is 3.89. The van der Waals surface area contributed by atoms with E-state index in [2.05, 4.69) is 21.8 Å². The van der Waals surface area contributed by atoms with Gasteiger partial charge in [-0.2, -0.15) is 0 Å². The van der Waals surface area contributed by atoms with Gasteiger partial charge in [0.25, 0.3) is 0 Å². The van der Waals surface area contributed by atoms with Crippen molar-refractivity contribution in [1.29, 1.82) is 0 Å². The first-order valence-corrected chi connectivity index (χ1v) is 9.77. The van der Waals surface area contributed by atoms with Crippen LogP contribution >= 0.6 is 23.2 Å². The zero-order valence-corrected chi connectivity index (χ0v) is 16.5. The molecule has 3 heterocycles. The molecule has 4 rings (SSSR count). The third kappa shape index (κ3) is 3.72. The van der Waals surface area contributed by atoms with E-state index >= 15 is 0 Å². The van der Waals surface area contributed by atoms with Crippen molar-refractivity contribution in [2.45, 2.75) is 39.3 Å². The Balaban J connectivity index is 1.61. The summed E-state index contributed by atoms with van der Waals surface area (Å²) in [7, 11) is 0. The van der Waals surface area contributed by atoms with Gasteiger partial charge in [0.15, 0.2) is 0 Å². The first-order valence-electron chi connectivity index (χ1n) is 9.02. The summed E-state index contributed by atoms with van der Waals surface area (Å²) in [6.07, 6.45) is 4.67. The lowest BCUT2D eigenvalue weighted by Gasteiger charge is -2.28. The summed E-state index contributed by atoms with van der Waals surface area (Å²) in [6, 6.07) is 5.06. The number of benzene rings is 1. The summed E-state index contributed by atoms with van der Waals surface area (Å²) in [5.74, 6) is 0.903. The van der Waals surface area contributed by atoms with Gasteiger partial charge in [-0.25, -0.2) is 14.8 Å². The fraction of sp³-hybridized carbons (Fsp3) is 0.350. The Morgan fingerprint density at radius 1 is 1.30 bits per heavy atom. The molecule has 1 aliphatic rings. The van der Waals surface area contributed by atoms with Crippen LogP contribution in [-0.2, 0) is 25.9 Å². The van der Waals surface area contributed by atoms with E-state index in [1.54, 1.807) is 18.2 Å². The van der Waals surface area contributed by atoms with Gasteiger partial charge >= 0.3 is 5.63 Å². The normalized spacial score (nSPS) is 14.5. The minimum absolute atomic E-state index is 0.407. The van der Waals surface area contributed by atoms with Crippen LogP contribution in [0.15, 0.2) is 33.6 Å². The lowest BCUT2D eigenvalue weighted by Crippen LogP contribution is -2.32. The van der Waals surface area contributed by atoms with E-state index in [1.807, 2.05) is 6.20 Å². The molecule has 0 fully saturated rings. The van der Waals surface area contributed by atoms with Crippen LogP contribution in [0.3, 0.4) is 0 Å². The molecule has 27 heavy (non-hydrogen) atoms. The Kier molecular flexibility index (Phi) is 5.17. The topological polar surface area (TPSA) is 59.2 Å². The van der Waals surface area contributed by atoms with Gasteiger partial charge in [-0.15, -0.1) is 0 Å². The second-order valence-corrected chi connectivity index (χ2v) is 7.61. The maximum atomic E-state index is 12.4. The van der Waals surface area contributed by atoms with Crippen molar-refractivity contribution in [3.63, 3.8) is 0 Å². The first-order chi connectivity index (χ1) is 13.0. The molecule has 0 atom stereocenters. The molecular weight excluding hydrogens is 385 g/mol. The third-order valence-corrected chi connectivity index (χ3v) is 5.48. The summed E-state index contributed by atoms with van der Waals surface area (Å²) < 4.78 is 5.43. The fourth-order valence-electron chi connectivity index (χ4n) is 3.43. The first kappa shape index (κ1) is 18.4. The molecule has 0 radical (unpaired) electrons. The third-order valence-electron chi connectivity index (χ3n) is 4.81. The van der Waals surface area contributed by atoms with E-state index in [9.17, 15) is 4.79 Å². The molecule has 7 heteroatoms. The molecular formula is C20H19Cl2N3O2. The molecule has 0 amide bonds. The number of hydrogen-bond acceptors (Lipinski definition) is 5. The monoisotopic (exact) mass is 403 g/mol. The Morgan fingerprint density at radius 3 is 2.96 bits per heavy atom. The number of nitrogens with zero attached hydrogens (tertiary/aromatic N) is 3. The molecule has 0 saturated carbocycles. The van der Waals surface area contributed by atoms with E-state index in [1.165, 1.54) is 0 Å². The van der Waals surface area contributed by atoms with Crippen molar-refractivity contribution in [2.24, 2.45) is 0 Å². The highest BCUT2D eigenvalue weighted by Gasteiger charge is 2.22. The minimum Gasteiger partial charge on any atom is -0.422 e. The molecule has 0 N–H and O–H groups in total. The molecule has 1 aromatic carbocycles. The van der Waals surface area contributed by atoms with Gasteiger partial charge < -0.3 is 4.42 Å². The van der Waals surface area contributed by atoms with Crippen LogP contribution in [0.2, 0.25) is 10.0 Å². The summed E-state index contributed by atoms with van der Waals surface area (Å²) in [4.78, 5) is 23.7. The lowest BCUT2D eigenvalue weighted by atomic mass is 10.1. The highest BCUT2D eigenvalue weighted by Crippen LogP contribution is 2.29. The molecule has 0 saturated heterocycles. The van der Waals surface area contributed by atoms with Gasteiger partial charge in [-0.3, -0.25) is 4.90 Å². The maximum Gasteiger partial charge on any atom is 0.342 e. The molecule has 2 aromatic heterocycles. The van der Waals surface area contributed by atoms with Crippen molar-refractivity contribution in [3.05, 3.63) is 67.5 Å². The van der Waals surface area contributed by atoms with E-state index in [0.29, 0.717) is 39.7 Å². The molecule has 0 spiro atoms. The van der Waals surface area contributed by atoms with Crippen molar-refractivity contribution >= 4 is 34.2 Å². The van der Waals surface area contributed by atoms with Gasteiger partial charge in [0.05, 0.1) is 10.6 Å². The van der Waals surface area contributed by atoms with Gasteiger partial charge in [-0.1, -0.05) is 30.1 Å². The maximum absolute atomic E-state index is 12.4. The highest BCUT2D eigenvalue weighted by atomic mass is 35.5. The Morgan fingerprint density at radius 2 is 2.15 bits per heavy atom. The second-order valence-electron chi connectivity index (χ2n) is 6.79. The molecule has 0 aliphatic carbocycles. The average Bonchev–Trinajstić information content (AvgIpc) is 2.66. The van der Waals surface area contributed by atoms with Crippen LogP contribution in [0.1, 0.15) is 36.0 Å². The number of aryl methyl sites for hydroxylation is 1. The minimum atomic E-state index is -0.407. The molecule has 3 aromatic rings. The molecule has 0 unspecified atom stereocenters. The molecule has 5 nitrogen and oxygen atoms in total. The summed E-state index contributed by atoms with van der Waals surface area (Å²) in [5, 5.41) is 1.61. The standard InChI is InChI=1S/C20H19Cl2N3O2/c1-2-3-18-23-9-12-10-25(7-6-16(12)24-18)11-15-19(22)14-8-13(21)4-5-17(14)27-20(15)26/h4-5,8-9H,2-3,6-7,10-11H2,1H3. The summed E-state index contributed by atoms with van der Waals surface area (Å²) >= 11 is 12.6. The predicted octanol–water partition coefficient (Wildman–Crippen LogP) is 4.40. The Labute approximate surface area is 166 Å². The van der Waals surface area contributed by atoms with Crippen molar-refractivity contribution in [1.82, 2.24) is 14.9 Å². The summed E-state index contributed by atoms with van der Waals surface area (Å²) in [6.45, 7) is 4.03. The number of rotatable bonds is 4. The van der Waals surface area contributed by atoms with Crippen LogP contribution in [0.4, 0.5) is 0 Å². The number of halogens is 2. The van der Waals surface area contributed by atoms with Crippen molar-refractivity contribution in [3.8, 4) is 0 Å². The van der Waals surface area contributed by atoms with Gasteiger partial charge in [0.1, 0.15) is 11.4 Å². The molecule has 0 bridgehead atoms.